The number of hydrogen-bond donors (Lipinski definition) is 0. The third-order valence-corrected chi connectivity index (χ3v) is 6.57. The number of rotatable bonds is 7. The van der Waals surface area contributed by atoms with Gasteiger partial charge in [0.1, 0.15) is 0 Å². The summed E-state index contributed by atoms with van der Waals surface area (Å²) in [4.78, 5) is 32.4. The molecule has 0 unspecified atom stereocenters. The van der Waals surface area contributed by atoms with Crippen molar-refractivity contribution in [3.8, 4) is 0 Å². The van der Waals surface area contributed by atoms with E-state index in [2.05, 4.69) is 6.07 Å². The summed E-state index contributed by atoms with van der Waals surface area (Å²) in [6, 6.07) is 7.18. The average molecular weight is 431 g/mol. The molecule has 2 heterocycles. The predicted octanol–water partition coefficient (Wildman–Crippen LogP) is 4.49. The second kappa shape index (κ2) is 8.81. The molecule has 0 aliphatic carbocycles. The van der Waals surface area contributed by atoms with E-state index < -0.39 is 4.92 Å². The highest BCUT2D eigenvalue weighted by Crippen LogP contribution is 2.32. The summed E-state index contributed by atoms with van der Waals surface area (Å²) in [5.74, 6) is -0.198. The van der Waals surface area contributed by atoms with Crippen LogP contribution in [-0.2, 0) is 4.79 Å². The number of likely N-dealkylation sites (N-methyl/N-ethyl adjacent to an activating group) is 1. The van der Waals surface area contributed by atoms with E-state index in [0.717, 1.165) is 27.1 Å². The first kappa shape index (κ1) is 21.1. The lowest BCUT2D eigenvalue weighted by atomic mass is 10.1. The van der Waals surface area contributed by atoms with Crippen LogP contribution in [0, 0.1) is 24.0 Å². The van der Waals surface area contributed by atoms with E-state index in [1.54, 1.807) is 17.0 Å². The number of nitrogens with zero attached hydrogens (tertiary/aromatic N) is 4. The van der Waals surface area contributed by atoms with E-state index in [1.165, 1.54) is 29.0 Å². The second-order valence-electron chi connectivity index (χ2n) is 6.91. The largest absolute Gasteiger partial charge is 0.324 e. The second-order valence-corrected chi connectivity index (χ2v) is 9.01. The molecule has 3 rings (SSSR count). The number of carbonyl (C=O) groups is 1. The molecular formula is C20H22N4O3S2. The van der Waals surface area contributed by atoms with Crippen LogP contribution >= 0.6 is 22.7 Å². The van der Waals surface area contributed by atoms with E-state index in [4.69, 9.17) is 4.98 Å². The van der Waals surface area contributed by atoms with Crippen LogP contribution in [0.15, 0.2) is 30.3 Å². The molecule has 0 bridgehead atoms. The van der Waals surface area contributed by atoms with Crippen LogP contribution in [0.1, 0.15) is 16.0 Å². The Morgan fingerprint density at radius 2 is 1.93 bits per heavy atom. The fraction of sp³-hybridized carbons (Fsp3) is 0.300. The van der Waals surface area contributed by atoms with Crippen molar-refractivity contribution >= 4 is 55.0 Å². The van der Waals surface area contributed by atoms with Crippen LogP contribution in [0.4, 0.5) is 10.1 Å². The van der Waals surface area contributed by atoms with Crippen molar-refractivity contribution < 1.29 is 9.72 Å². The Balaban J connectivity index is 1.89. The van der Waals surface area contributed by atoms with Crippen molar-refractivity contribution in [3.63, 3.8) is 0 Å². The Labute approximate surface area is 177 Å². The van der Waals surface area contributed by atoms with Gasteiger partial charge in [-0.05, 0) is 57.3 Å². The number of hydrogen-bond acceptors (Lipinski definition) is 7. The van der Waals surface area contributed by atoms with Gasteiger partial charge in [0.05, 0.1) is 15.1 Å². The number of fused-ring (bicyclic) bond motifs is 1. The fourth-order valence-corrected chi connectivity index (χ4v) is 4.48. The maximum absolute atomic E-state index is 13.0. The molecule has 3 aromatic rings. The Morgan fingerprint density at radius 3 is 2.59 bits per heavy atom. The fourth-order valence-electron chi connectivity index (χ4n) is 2.70. The number of aryl methyl sites for hydroxylation is 2. The smallest absolute Gasteiger partial charge is 0.308 e. The number of thiazole rings is 1. The van der Waals surface area contributed by atoms with Gasteiger partial charge in [-0.15, -0.1) is 0 Å². The van der Waals surface area contributed by atoms with Gasteiger partial charge in [-0.1, -0.05) is 28.7 Å². The SMILES string of the molecule is Cc1ccc2sc(N(CCN(C)C)C(=O)C=Cc3ccc([N+](=O)[O-])s3)nc2c1C. The summed E-state index contributed by atoms with van der Waals surface area (Å²) in [7, 11) is 3.91. The van der Waals surface area contributed by atoms with Crippen molar-refractivity contribution in [2.24, 2.45) is 0 Å². The molecule has 1 aromatic carbocycles. The van der Waals surface area contributed by atoms with Crippen molar-refractivity contribution in [1.82, 2.24) is 9.88 Å². The summed E-state index contributed by atoms with van der Waals surface area (Å²) in [6.45, 7) is 5.28. The van der Waals surface area contributed by atoms with Gasteiger partial charge < -0.3 is 4.90 Å². The Hall–Kier alpha value is -2.62. The van der Waals surface area contributed by atoms with E-state index in [1.807, 2.05) is 38.9 Å². The Kier molecular flexibility index (Phi) is 6.41. The van der Waals surface area contributed by atoms with Gasteiger partial charge in [0.2, 0.25) is 0 Å². The molecule has 0 spiro atoms. The first-order chi connectivity index (χ1) is 13.8. The van der Waals surface area contributed by atoms with Crippen molar-refractivity contribution in [1.29, 1.82) is 0 Å². The maximum atomic E-state index is 13.0. The molecule has 0 aliphatic rings. The highest BCUT2D eigenvalue weighted by molar-refractivity contribution is 7.22. The molecule has 0 fully saturated rings. The number of anilines is 1. The highest BCUT2D eigenvalue weighted by Gasteiger charge is 2.19. The van der Waals surface area contributed by atoms with Crippen molar-refractivity contribution in [3.05, 3.63) is 56.5 Å². The van der Waals surface area contributed by atoms with Gasteiger partial charge in [-0.3, -0.25) is 19.8 Å². The number of benzene rings is 1. The maximum Gasteiger partial charge on any atom is 0.324 e. The zero-order valence-corrected chi connectivity index (χ0v) is 18.3. The molecule has 0 atom stereocenters. The van der Waals surface area contributed by atoms with Gasteiger partial charge in [-0.2, -0.15) is 0 Å². The van der Waals surface area contributed by atoms with E-state index in [9.17, 15) is 14.9 Å². The van der Waals surface area contributed by atoms with Crippen LogP contribution in [0.3, 0.4) is 0 Å². The molecule has 0 aliphatic heterocycles. The molecule has 0 radical (unpaired) electrons. The summed E-state index contributed by atoms with van der Waals surface area (Å²) < 4.78 is 1.05. The number of nitro groups is 1. The summed E-state index contributed by atoms with van der Waals surface area (Å²) in [5, 5.41) is 11.5. The first-order valence-electron chi connectivity index (χ1n) is 9.01. The molecule has 0 N–H and O–H groups in total. The predicted molar refractivity (Wildman–Crippen MR) is 120 cm³/mol. The van der Waals surface area contributed by atoms with E-state index >= 15 is 0 Å². The molecule has 2 aromatic heterocycles. The standard InChI is InChI=1S/C20H22N4O3S2/c1-13-5-8-16-19(14(13)2)21-20(29-16)23(12-11-22(3)4)17(25)9-6-15-7-10-18(28-15)24(26)27/h5-10H,11-12H2,1-4H3. The first-order valence-corrected chi connectivity index (χ1v) is 10.6. The highest BCUT2D eigenvalue weighted by atomic mass is 32.1. The minimum Gasteiger partial charge on any atom is -0.308 e. The zero-order valence-electron chi connectivity index (χ0n) is 16.7. The molecule has 0 saturated carbocycles. The minimum atomic E-state index is -0.432. The molecule has 152 valence electrons. The third kappa shape index (κ3) is 4.87. The van der Waals surface area contributed by atoms with Gasteiger partial charge in [-0.25, -0.2) is 4.98 Å². The average Bonchev–Trinajstić information content (AvgIpc) is 3.30. The van der Waals surface area contributed by atoms with Crippen LogP contribution < -0.4 is 4.90 Å². The summed E-state index contributed by atoms with van der Waals surface area (Å²) >= 11 is 2.53. The zero-order chi connectivity index (χ0) is 21.1. The summed E-state index contributed by atoms with van der Waals surface area (Å²) in [5.41, 5.74) is 3.21. The molecular weight excluding hydrogens is 408 g/mol. The number of thiophene rings is 1. The Morgan fingerprint density at radius 1 is 1.17 bits per heavy atom. The van der Waals surface area contributed by atoms with E-state index in [0.29, 0.717) is 23.1 Å². The van der Waals surface area contributed by atoms with Crippen LogP contribution in [0.2, 0.25) is 0 Å². The van der Waals surface area contributed by atoms with Crippen LogP contribution in [-0.4, -0.2) is 47.9 Å². The monoisotopic (exact) mass is 430 g/mol. The number of carbonyl (C=O) groups excluding carboxylic acids is 1. The quantitative estimate of drug-likeness (QED) is 0.313. The van der Waals surface area contributed by atoms with Crippen molar-refractivity contribution in [2.45, 2.75) is 13.8 Å². The molecule has 7 nitrogen and oxygen atoms in total. The number of amides is 1. The lowest BCUT2D eigenvalue weighted by Gasteiger charge is -2.20. The van der Waals surface area contributed by atoms with Crippen LogP contribution in [0.25, 0.3) is 16.3 Å². The lowest BCUT2D eigenvalue weighted by Crippen LogP contribution is -2.35. The molecule has 29 heavy (non-hydrogen) atoms. The van der Waals surface area contributed by atoms with E-state index in [-0.39, 0.29) is 10.9 Å². The lowest BCUT2D eigenvalue weighted by molar-refractivity contribution is -0.380. The Bertz CT molecular complexity index is 1080. The van der Waals surface area contributed by atoms with Gasteiger partial charge >= 0.3 is 5.00 Å². The normalized spacial score (nSPS) is 11.6. The molecule has 9 heteroatoms. The molecule has 1 amide bonds. The van der Waals surface area contributed by atoms with Crippen molar-refractivity contribution in [2.75, 3.05) is 32.1 Å². The minimum absolute atomic E-state index is 0.0542. The van der Waals surface area contributed by atoms with Gasteiger partial charge in [0.15, 0.2) is 5.13 Å². The van der Waals surface area contributed by atoms with Gasteiger partial charge in [0, 0.05) is 30.1 Å². The van der Waals surface area contributed by atoms with Gasteiger partial charge in [0.25, 0.3) is 5.91 Å². The van der Waals surface area contributed by atoms with Crippen LogP contribution in [0.5, 0.6) is 0 Å². The number of aromatic nitrogens is 1. The topological polar surface area (TPSA) is 79.6 Å². The summed E-state index contributed by atoms with van der Waals surface area (Å²) in [6.07, 6.45) is 3.07. The third-order valence-electron chi connectivity index (χ3n) is 4.52. The molecule has 0 saturated heterocycles.